The molecule has 1 amide bonds. The highest BCUT2D eigenvalue weighted by Gasteiger charge is 2.14. The molecule has 0 aromatic heterocycles. The summed E-state index contributed by atoms with van der Waals surface area (Å²) in [5.41, 5.74) is 6.83. The molecule has 31 heavy (non-hydrogen) atoms. The molecule has 0 aliphatic rings. The van der Waals surface area contributed by atoms with Crippen LogP contribution in [0.25, 0.3) is 0 Å². The number of rotatable bonds is 19. The molecule has 0 saturated heterocycles. The van der Waals surface area contributed by atoms with Crippen LogP contribution in [-0.2, 0) is 11.2 Å². The summed E-state index contributed by atoms with van der Waals surface area (Å²) in [4.78, 5) is 22.4. The van der Waals surface area contributed by atoms with Gasteiger partial charge < -0.3 is 15.2 Å². The van der Waals surface area contributed by atoms with Crippen molar-refractivity contribution >= 4 is 11.7 Å². The summed E-state index contributed by atoms with van der Waals surface area (Å²) in [6, 6.07) is 3.75. The van der Waals surface area contributed by atoms with Crippen molar-refractivity contribution in [2.45, 2.75) is 103 Å². The van der Waals surface area contributed by atoms with Crippen LogP contribution < -0.4 is 15.2 Å². The molecule has 0 saturated carbocycles. The van der Waals surface area contributed by atoms with E-state index in [1.807, 2.05) is 6.07 Å². The van der Waals surface area contributed by atoms with Gasteiger partial charge in [0.15, 0.2) is 5.78 Å². The number of primary amides is 1. The number of unbranched alkanes of at least 4 members (excludes halogenated alkanes) is 12. The number of hydrogen-bond acceptors (Lipinski definition) is 4. The lowest BCUT2D eigenvalue weighted by Gasteiger charge is -2.13. The van der Waals surface area contributed by atoms with Crippen LogP contribution in [0.4, 0.5) is 0 Å². The summed E-state index contributed by atoms with van der Waals surface area (Å²) in [6.45, 7) is 1.55. The third kappa shape index (κ3) is 11.8. The van der Waals surface area contributed by atoms with Crippen LogP contribution in [0.2, 0.25) is 0 Å². The lowest BCUT2D eigenvalue weighted by Crippen LogP contribution is -2.09. The van der Waals surface area contributed by atoms with Gasteiger partial charge in [0.05, 0.1) is 19.8 Å². The number of carbonyl (C=O) groups is 2. The molecule has 0 spiro atoms. The van der Waals surface area contributed by atoms with E-state index >= 15 is 0 Å². The Balaban J connectivity index is 2.08. The number of ketones is 1. The molecule has 0 unspecified atom stereocenters. The second-order valence-electron chi connectivity index (χ2n) is 8.48. The first-order valence-electron chi connectivity index (χ1n) is 12.0. The predicted octanol–water partition coefficient (Wildman–Crippen LogP) is 6.40. The number of ether oxygens (including phenoxy) is 2. The SMILES string of the molecule is COc1cc(C(C)=O)c(OC)cc1CCCCCCCCCCCCCCCC(N)=O. The second kappa shape index (κ2) is 16.6. The van der Waals surface area contributed by atoms with Gasteiger partial charge in [-0.15, -0.1) is 0 Å². The molecule has 5 nitrogen and oxygen atoms in total. The minimum Gasteiger partial charge on any atom is -0.496 e. The second-order valence-corrected chi connectivity index (χ2v) is 8.48. The van der Waals surface area contributed by atoms with Gasteiger partial charge in [-0.05, 0) is 43.9 Å². The van der Waals surface area contributed by atoms with E-state index < -0.39 is 0 Å². The Kier molecular flexibility index (Phi) is 14.5. The van der Waals surface area contributed by atoms with Crippen LogP contribution in [0.5, 0.6) is 11.5 Å². The van der Waals surface area contributed by atoms with E-state index in [4.69, 9.17) is 15.2 Å². The number of hydrogen-bond donors (Lipinski definition) is 1. The van der Waals surface area contributed by atoms with Gasteiger partial charge >= 0.3 is 0 Å². The van der Waals surface area contributed by atoms with E-state index in [9.17, 15) is 9.59 Å². The summed E-state index contributed by atoms with van der Waals surface area (Å²) < 4.78 is 10.9. The first kappa shape index (κ1) is 27.0. The van der Waals surface area contributed by atoms with Crippen LogP contribution in [0.1, 0.15) is 113 Å². The molecule has 1 rings (SSSR count). The van der Waals surface area contributed by atoms with E-state index in [1.165, 1.54) is 64.2 Å². The van der Waals surface area contributed by atoms with Gasteiger partial charge in [-0.25, -0.2) is 0 Å². The maximum absolute atomic E-state index is 11.8. The van der Waals surface area contributed by atoms with Crippen molar-refractivity contribution in [3.8, 4) is 11.5 Å². The lowest BCUT2D eigenvalue weighted by atomic mass is 10.00. The van der Waals surface area contributed by atoms with Crippen molar-refractivity contribution in [3.63, 3.8) is 0 Å². The maximum Gasteiger partial charge on any atom is 0.217 e. The van der Waals surface area contributed by atoms with E-state index in [1.54, 1.807) is 27.2 Å². The first-order valence-corrected chi connectivity index (χ1v) is 12.0. The Morgan fingerprint density at radius 1 is 0.710 bits per heavy atom. The minimum atomic E-state index is -0.178. The van der Waals surface area contributed by atoms with Crippen LogP contribution in [0.15, 0.2) is 12.1 Å². The summed E-state index contributed by atoms with van der Waals surface area (Å²) in [6.07, 6.45) is 17.6. The smallest absolute Gasteiger partial charge is 0.217 e. The maximum atomic E-state index is 11.8. The van der Waals surface area contributed by atoms with Gasteiger partial charge in [0.2, 0.25) is 5.91 Å². The zero-order valence-electron chi connectivity index (χ0n) is 20.0. The molecule has 5 heteroatoms. The predicted molar refractivity (Wildman–Crippen MR) is 127 cm³/mol. The highest BCUT2D eigenvalue weighted by Crippen LogP contribution is 2.30. The third-order valence-corrected chi connectivity index (χ3v) is 5.85. The monoisotopic (exact) mass is 433 g/mol. The standard InChI is InChI=1S/C26H43NO4/c1-21(28)23-20-24(30-2)22(19-25(23)31-3)17-15-13-11-9-7-5-4-6-8-10-12-14-16-18-26(27)29/h19-20H,4-18H2,1-3H3,(H2,27,29). The zero-order chi connectivity index (χ0) is 22.9. The van der Waals surface area contributed by atoms with Gasteiger partial charge in [-0.3, -0.25) is 9.59 Å². The van der Waals surface area contributed by atoms with Crippen molar-refractivity contribution in [1.82, 2.24) is 0 Å². The number of Topliss-reactive ketones (excluding diaryl/α,β-unsaturated/α-hetero) is 1. The topological polar surface area (TPSA) is 78.6 Å². The van der Waals surface area contributed by atoms with Gasteiger partial charge in [0, 0.05) is 6.42 Å². The van der Waals surface area contributed by atoms with Gasteiger partial charge in [0.25, 0.3) is 0 Å². The Morgan fingerprint density at radius 2 is 1.16 bits per heavy atom. The summed E-state index contributed by atoms with van der Waals surface area (Å²) >= 11 is 0. The Labute approximate surface area is 189 Å². The van der Waals surface area contributed by atoms with Crippen molar-refractivity contribution in [1.29, 1.82) is 0 Å². The van der Waals surface area contributed by atoms with Crippen molar-refractivity contribution < 1.29 is 19.1 Å². The van der Waals surface area contributed by atoms with Crippen LogP contribution >= 0.6 is 0 Å². The fraction of sp³-hybridized carbons (Fsp3) is 0.692. The highest BCUT2D eigenvalue weighted by molar-refractivity contribution is 5.97. The van der Waals surface area contributed by atoms with Gasteiger partial charge in [-0.2, -0.15) is 0 Å². The molecule has 0 aliphatic carbocycles. The molecule has 0 atom stereocenters. The molecule has 1 aromatic rings. The molecule has 176 valence electrons. The largest absolute Gasteiger partial charge is 0.496 e. The fourth-order valence-electron chi connectivity index (χ4n) is 3.99. The van der Waals surface area contributed by atoms with Crippen molar-refractivity contribution in [3.05, 3.63) is 23.3 Å². The summed E-state index contributed by atoms with van der Waals surface area (Å²) in [5, 5.41) is 0. The summed E-state index contributed by atoms with van der Waals surface area (Å²) in [7, 11) is 3.25. The Bertz CT molecular complexity index is 657. The molecule has 0 bridgehead atoms. The molecular formula is C26H43NO4. The number of carbonyl (C=O) groups excluding carboxylic acids is 2. The van der Waals surface area contributed by atoms with Gasteiger partial charge in [0.1, 0.15) is 11.5 Å². The normalized spacial score (nSPS) is 10.8. The Morgan fingerprint density at radius 3 is 1.58 bits per heavy atom. The summed E-state index contributed by atoms with van der Waals surface area (Å²) in [5.74, 6) is 1.22. The van der Waals surface area contributed by atoms with E-state index in [2.05, 4.69) is 0 Å². The van der Waals surface area contributed by atoms with Crippen molar-refractivity contribution in [2.75, 3.05) is 14.2 Å². The van der Waals surface area contributed by atoms with Crippen LogP contribution in [-0.4, -0.2) is 25.9 Å². The zero-order valence-corrected chi connectivity index (χ0v) is 20.0. The molecule has 0 fully saturated rings. The van der Waals surface area contributed by atoms with Crippen LogP contribution in [0, 0.1) is 0 Å². The minimum absolute atomic E-state index is 0.0121. The van der Waals surface area contributed by atoms with E-state index in [0.717, 1.165) is 37.0 Å². The Hall–Kier alpha value is -2.04. The number of methoxy groups -OCH3 is 2. The van der Waals surface area contributed by atoms with E-state index in [-0.39, 0.29) is 11.7 Å². The van der Waals surface area contributed by atoms with Crippen molar-refractivity contribution in [2.24, 2.45) is 5.73 Å². The fourth-order valence-corrected chi connectivity index (χ4v) is 3.99. The van der Waals surface area contributed by atoms with E-state index in [0.29, 0.717) is 17.7 Å². The average molecular weight is 434 g/mol. The van der Waals surface area contributed by atoms with Gasteiger partial charge in [-0.1, -0.05) is 70.6 Å². The number of amides is 1. The quantitative estimate of drug-likeness (QED) is 0.202. The number of benzene rings is 1. The lowest BCUT2D eigenvalue weighted by molar-refractivity contribution is -0.118. The number of aryl methyl sites for hydroxylation is 1. The van der Waals surface area contributed by atoms with Crippen LogP contribution in [0.3, 0.4) is 0 Å². The average Bonchev–Trinajstić information content (AvgIpc) is 2.75. The molecule has 0 heterocycles. The molecule has 2 N–H and O–H groups in total. The molecule has 0 radical (unpaired) electrons. The highest BCUT2D eigenvalue weighted by atomic mass is 16.5. The third-order valence-electron chi connectivity index (χ3n) is 5.85. The molecule has 1 aromatic carbocycles. The molecular weight excluding hydrogens is 390 g/mol. The first-order chi connectivity index (χ1) is 15.0. The number of nitrogens with two attached hydrogens (primary N) is 1. The molecule has 0 aliphatic heterocycles.